The van der Waals surface area contributed by atoms with Gasteiger partial charge < -0.3 is 19.4 Å². The van der Waals surface area contributed by atoms with Gasteiger partial charge in [-0.25, -0.2) is 9.97 Å². The maximum atomic E-state index is 12.4. The van der Waals surface area contributed by atoms with Gasteiger partial charge in [0.15, 0.2) is 0 Å². The third-order valence-corrected chi connectivity index (χ3v) is 6.33. The molecule has 4 heterocycles. The Bertz CT molecular complexity index is 670. The van der Waals surface area contributed by atoms with Crippen LogP contribution in [0.4, 0.5) is 5.95 Å². The zero-order chi connectivity index (χ0) is 18.9. The molecule has 7 nitrogen and oxygen atoms in total. The standard InChI is InChI=1S/C20H31N5O2/c1-23-12-16(17-7-8-21-19(22-17)24-9-3-4-10-24)20(13-23)14-25(15-20)18(26)6-5-11-27-2/h7-8,16H,3-6,9-15H2,1-2H3. The number of ether oxygens (including phenoxy) is 1. The molecule has 27 heavy (non-hydrogen) atoms. The van der Waals surface area contributed by atoms with E-state index >= 15 is 0 Å². The Morgan fingerprint density at radius 2 is 2.07 bits per heavy atom. The highest BCUT2D eigenvalue weighted by Crippen LogP contribution is 2.48. The van der Waals surface area contributed by atoms with Gasteiger partial charge in [0, 0.05) is 76.9 Å². The van der Waals surface area contributed by atoms with Crippen LogP contribution in [0.15, 0.2) is 12.3 Å². The first-order valence-electron chi connectivity index (χ1n) is 10.1. The minimum absolute atomic E-state index is 0.141. The van der Waals surface area contributed by atoms with E-state index in [1.54, 1.807) is 7.11 Å². The van der Waals surface area contributed by atoms with E-state index in [1.165, 1.54) is 12.8 Å². The summed E-state index contributed by atoms with van der Waals surface area (Å²) < 4.78 is 5.06. The summed E-state index contributed by atoms with van der Waals surface area (Å²) in [5, 5.41) is 0. The normalized spacial score (nSPS) is 24.6. The SMILES string of the molecule is COCCCC(=O)N1CC2(CN(C)CC2c2ccnc(N3CCCC3)n2)C1. The lowest BCUT2D eigenvalue weighted by atomic mass is 9.70. The molecule has 0 aromatic carbocycles. The molecule has 3 fully saturated rings. The van der Waals surface area contributed by atoms with E-state index in [-0.39, 0.29) is 11.3 Å². The average Bonchev–Trinajstić information content (AvgIpc) is 3.28. The second kappa shape index (κ2) is 7.72. The van der Waals surface area contributed by atoms with Crippen LogP contribution in [0.2, 0.25) is 0 Å². The van der Waals surface area contributed by atoms with Crippen molar-refractivity contribution < 1.29 is 9.53 Å². The van der Waals surface area contributed by atoms with Crippen molar-refractivity contribution in [3.63, 3.8) is 0 Å². The van der Waals surface area contributed by atoms with Crippen molar-refractivity contribution in [1.29, 1.82) is 0 Å². The van der Waals surface area contributed by atoms with Gasteiger partial charge >= 0.3 is 0 Å². The smallest absolute Gasteiger partial charge is 0.225 e. The molecule has 3 aliphatic heterocycles. The highest BCUT2D eigenvalue weighted by molar-refractivity contribution is 5.77. The molecular formula is C20H31N5O2. The number of aromatic nitrogens is 2. The average molecular weight is 374 g/mol. The Morgan fingerprint density at radius 1 is 1.30 bits per heavy atom. The molecule has 0 N–H and O–H groups in total. The Hall–Kier alpha value is -1.73. The van der Waals surface area contributed by atoms with Crippen molar-refractivity contribution in [2.75, 3.05) is 64.9 Å². The first-order chi connectivity index (χ1) is 13.1. The second-order valence-electron chi connectivity index (χ2n) is 8.43. The van der Waals surface area contributed by atoms with E-state index in [9.17, 15) is 4.79 Å². The number of nitrogens with zero attached hydrogens (tertiary/aromatic N) is 5. The fraction of sp³-hybridized carbons (Fsp3) is 0.750. The van der Waals surface area contributed by atoms with Crippen LogP contribution in [0.1, 0.15) is 37.3 Å². The molecule has 1 amide bonds. The van der Waals surface area contributed by atoms with Crippen molar-refractivity contribution in [3.8, 4) is 0 Å². The van der Waals surface area contributed by atoms with Crippen molar-refractivity contribution in [1.82, 2.24) is 19.8 Å². The number of carbonyl (C=O) groups is 1. The molecule has 1 atom stereocenters. The van der Waals surface area contributed by atoms with E-state index in [2.05, 4.69) is 27.9 Å². The molecule has 7 heteroatoms. The molecule has 0 saturated carbocycles. The van der Waals surface area contributed by atoms with Crippen molar-refractivity contribution in [3.05, 3.63) is 18.0 Å². The monoisotopic (exact) mass is 373 g/mol. The fourth-order valence-corrected chi connectivity index (χ4v) is 4.99. The summed E-state index contributed by atoms with van der Waals surface area (Å²) in [4.78, 5) is 28.6. The van der Waals surface area contributed by atoms with Gasteiger partial charge in [0.05, 0.1) is 5.69 Å². The number of hydrogen-bond acceptors (Lipinski definition) is 6. The van der Waals surface area contributed by atoms with Gasteiger partial charge in [0.2, 0.25) is 11.9 Å². The van der Waals surface area contributed by atoms with Gasteiger partial charge in [-0.1, -0.05) is 0 Å². The number of likely N-dealkylation sites (N-methyl/N-ethyl adjacent to an activating group) is 1. The van der Waals surface area contributed by atoms with E-state index in [4.69, 9.17) is 9.72 Å². The lowest BCUT2D eigenvalue weighted by Crippen LogP contribution is -2.61. The van der Waals surface area contributed by atoms with Gasteiger partial charge in [0.25, 0.3) is 0 Å². The van der Waals surface area contributed by atoms with Gasteiger partial charge in [-0.2, -0.15) is 0 Å². The van der Waals surface area contributed by atoms with Crippen LogP contribution in [0.3, 0.4) is 0 Å². The Kier molecular flexibility index (Phi) is 5.32. The Balaban J connectivity index is 1.45. The highest BCUT2D eigenvalue weighted by atomic mass is 16.5. The predicted octanol–water partition coefficient (Wildman–Crippen LogP) is 1.36. The zero-order valence-electron chi connectivity index (χ0n) is 16.6. The lowest BCUT2D eigenvalue weighted by Gasteiger charge is -2.51. The molecule has 1 aromatic heterocycles. The minimum Gasteiger partial charge on any atom is -0.385 e. The first-order valence-corrected chi connectivity index (χ1v) is 10.1. The van der Waals surface area contributed by atoms with Crippen molar-refractivity contribution >= 4 is 11.9 Å². The van der Waals surface area contributed by atoms with E-state index < -0.39 is 0 Å². The van der Waals surface area contributed by atoms with Crippen LogP contribution in [-0.4, -0.2) is 85.7 Å². The van der Waals surface area contributed by atoms with Crippen LogP contribution < -0.4 is 4.90 Å². The molecule has 148 valence electrons. The van der Waals surface area contributed by atoms with E-state index in [0.717, 1.165) is 57.3 Å². The van der Waals surface area contributed by atoms with Gasteiger partial charge in [-0.3, -0.25) is 4.79 Å². The number of methoxy groups -OCH3 is 1. The molecular weight excluding hydrogens is 342 g/mol. The van der Waals surface area contributed by atoms with Gasteiger partial charge in [0.1, 0.15) is 0 Å². The minimum atomic E-state index is 0.141. The first kappa shape index (κ1) is 18.6. The van der Waals surface area contributed by atoms with Crippen LogP contribution in [-0.2, 0) is 9.53 Å². The Morgan fingerprint density at radius 3 is 2.81 bits per heavy atom. The molecule has 1 aromatic rings. The molecule has 1 spiro atoms. The number of amides is 1. The summed E-state index contributed by atoms with van der Waals surface area (Å²) in [6.45, 7) is 6.49. The number of rotatable bonds is 6. The fourth-order valence-electron chi connectivity index (χ4n) is 4.99. The van der Waals surface area contributed by atoms with Crippen LogP contribution in [0, 0.1) is 5.41 Å². The molecule has 0 radical (unpaired) electrons. The maximum Gasteiger partial charge on any atom is 0.225 e. The molecule has 0 aliphatic carbocycles. The highest BCUT2D eigenvalue weighted by Gasteiger charge is 2.55. The Labute approximate surface area is 161 Å². The van der Waals surface area contributed by atoms with Crippen LogP contribution in [0.25, 0.3) is 0 Å². The number of likely N-dealkylation sites (tertiary alicyclic amines) is 2. The molecule has 4 rings (SSSR count). The van der Waals surface area contributed by atoms with E-state index in [0.29, 0.717) is 18.9 Å². The molecule has 3 aliphatic rings. The summed E-state index contributed by atoms with van der Waals surface area (Å²) in [5.74, 6) is 1.50. The zero-order valence-corrected chi connectivity index (χ0v) is 16.6. The third-order valence-electron chi connectivity index (χ3n) is 6.33. The van der Waals surface area contributed by atoms with Gasteiger partial charge in [-0.05, 0) is 32.4 Å². The summed E-state index contributed by atoms with van der Waals surface area (Å²) in [6.07, 6.45) is 5.74. The van der Waals surface area contributed by atoms with Crippen molar-refractivity contribution in [2.45, 2.75) is 31.6 Å². The molecule has 0 bridgehead atoms. The number of anilines is 1. The summed E-state index contributed by atoms with van der Waals surface area (Å²) in [7, 11) is 3.85. The van der Waals surface area contributed by atoms with Crippen LogP contribution in [0.5, 0.6) is 0 Å². The topological polar surface area (TPSA) is 61.8 Å². The summed E-state index contributed by atoms with van der Waals surface area (Å²) in [5.41, 5.74) is 1.28. The van der Waals surface area contributed by atoms with E-state index in [1.807, 2.05) is 11.1 Å². The number of carbonyl (C=O) groups excluding carboxylic acids is 1. The number of hydrogen-bond donors (Lipinski definition) is 0. The molecule has 1 unspecified atom stereocenters. The van der Waals surface area contributed by atoms with Crippen molar-refractivity contribution in [2.24, 2.45) is 5.41 Å². The summed E-state index contributed by atoms with van der Waals surface area (Å²) in [6, 6.07) is 2.08. The second-order valence-corrected chi connectivity index (χ2v) is 8.43. The lowest BCUT2D eigenvalue weighted by molar-refractivity contribution is -0.143. The quantitative estimate of drug-likeness (QED) is 0.702. The maximum absolute atomic E-state index is 12.4. The predicted molar refractivity (Wildman–Crippen MR) is 104 cm³/mol. The van der Waals surface area contributed by atoms with Gasteiger partial charge in [-0.15, -0.1) is 0 Å². The van der Waals surface area contributed by atoms with Crippen LogP contribution >= 0.6 is 0 Å². The largest absolute Gasteiger partial charge is 0.385 e. The third kappa shape index (κ3) is 3.67. The molecule has 3 saturated heterocycles. The summed E-state index contributed by atoms with van der Waals surface area (Å²) >= 11 is 0.